The first-order valence-electron chi connectivity index (χ1n) is 17.3. The normalized spacial score (nSPS) is 12.0. The van der Waals surface area contributed by atoms with Gasteiger partial charge in [-0.15, -0.1) is 23.5 Å². The summed E-state index contributed by atoms with van der Waals surface area (Å²) in [5, 5.41) is 15.7. The molecule has 0 spiro atoms. The van der Waals surface area contributed by atoms with Gasteiger partial charge in [0.1, 0.15) is 6.04 Å². The third kappa shape index (κ3) is 8.57. The van der Waals surface area contributed by atoms with Crippen LogP contribution >= 0.6 is 23.5 Å². The number of benzene rings is 6. The number of nitrogens with one attached hydrogen (secondary N) is 2. The molecule has 0 aliphatic carbocycles. The Kier molecular flexibility index (Phi) is 12.5. The predicted octanol–water partition coefficient (Wildman–Crippen LogP) is 8.12. The van der Waals surface area contributed by atoms with Gasteiger partial charge in [0.05, 0.1) is 21.8 Å². The summed E-state index contributed by atoms with van der Waals surface area (Å²) in [4.78, 5) is 39.3. The first-order valence-corrected chi connectivity index (χ1v) is 19.3. The molecule has 1 atom stereocenters. The molecule has 53 heavy (non-hydrogen) atoms. The summed E-state index contributed by atoms with van der Waals surface area (Å²) in [6.07, 6.45) is 0. The van der Waals surface area contributed by atoms with Crippen molar-refractivity contribution in [2.75, 3.05) is 18.1 Å². The Balaban J connectivity index is 1.17. The van der Waals surface area contributed by atoms with Gasteiger partial charge in [0, 0.05) is 5.75 Å². The zero-order chi connectivity index (χ0) is 36.9. The minimum Gasteiger partial charge on any atom is -0.480 e. The molecular formula is C45H40N2O4S2. The van der Waals surface area contributed by atoms with Gasteiger partial charge in [-0.25, -0.2) is 4.79 Å². The van der Waals surface area contributed by atoms with E-state index < -0.39 is 27.4 Å². The molecular weight excluding hydrogens is 697 g/mol. The van der Waals surface area contributed by atoms with Crippen molar-refractivity contribution in [1.29, 1.82) is 0 Å². The second kappa shape index (κ2) is 17.8. The quantitative estimate of drug-likeness (QED) is 0.0870. The molecule has 6 aromatic rings. The molecule has 3 N–H and O–H groups in total. The summed E-state index contributed by atoms with van der Waals surface area (Å²) in [5.41, 5.74) is 6.02. The first-order chi connectivity index (χ1) is 25.9. The van der Waals surface area contributed by atoms with E-state index in [1.54, 1.807) is 0 Å². The average molecular weight is 737 g/mol. The van der Waals surface area contributed by atoms with Gasteiger partial charge in [-0.05, 0) is 33.4 Å². The van der Waals surface area contributed by atoms with Crippen LogP contribution in [0.3, 0.4) is 0 Å². The fourth-order valence-electron chi connectivity index (χ4n) is 6.57. The highest BCUT2D eigenvalue weighted by Gasteiger charge is 2.39. The summed E-state index contributed by atoms with van der Waals surface area (Å²) in [5.74, 6) is -1.96. The van der Waals surface area contributed by atoms with Crippen molar-refractivity contribution < 1.29 is 19.5 Å². The van der Waals surface area contributed by atoms with Gasteiger partial charge in [0.15, 0.2) is 0 Å². The predicted molar refractivity (Wildman–Crippen MR) is 216 cm³/mol. The third-order valence-electron chi connectivity index (χ3n) is 9.05. The van der Waals surface area contributed by atoms with Crippen molar-refractivity contribution in [2.24, 2.45) is 0 Å². The molecule has 0 radical (unpaired) electrons. The fourth-order valence-corrected chi connectivity index (χ4v) is 9.48. The van der Waals surface area contributed by atoms with E-state index >= 15 is 0 Å². The van der Waals surface area contributed by atoms with Crippen molar-refractivity contribution in [3.63, 3.8) is 0 Å². The number of carboxylic acids is 1. The van der Waals surface area contributed by atoms with E-state index in [4.69, 9.17) is 0 Å². The van der Waals surface area contributed by atoms with Crippen LogP contribution in [0.1, 0.15) is 33.4 Å². The topological polar surface area (TPSA) is 95.5 Å². The molecule has 266 valence electrons. The zero-order valence-corrected chi connectivity index (χ0v) is 30.6. The zero-order valence-electron chi connectivity index (χ0n) is 29.0. The summed E-state index contributed by atoms with van der Waals surface area (Å²) in [6, 6.07) is 58.9. The van der Waals surface area contributed by atoms with Crippen LogP contribution in [0.2, 0.25) is 0 Å². The third-order valence-corrected chi connectivity index (χ3v) is 12.2. The molecule has 8 heteroatoms. The first kappa shape index (κ1) is 37.2. The van der Waals surface area contributed by atoms with Crippen LogP contribution in [0.15, 0.2) is 182 Å². The average Bonchev–Trinajstić information content (AvgIpc) is 3.22. The lowest BCUT2D eigenvalue weighted by Gasteiger charge is -2.36. The smallest absolute Gasteiger partial charge is 0.327 e. The Labute approximate surface area is 319 Å². The molecule has 2 amide bonds. The minimum atomic E-state index is -1.21. The lowest BCUT2D eigenvalue weighted by Crippen LogP contribution is -2.47. The Hall–Kier alpha value is -5.57. The molecule has 0 aliphatic rings. The van der Waals surface area contributed by atoms with Gasteiger partial charge in [0.2, 0.25) is 11.8 Å². The second-order valence-corrected chi connectivity index (χ2v) is 14.8. The lowest BCUT2D eigenvalue weighted by molar-refractivity contribution is -0.141. The summed E-state index contributed by atoms with van der Waals surface area (Å²) < 4.78 is -1.45. The van der Waals surface area contributed by atoms with Crippen molar-refractivity contribution in [2.45, 2.75) is 15.5 Å². The summed E-state index contributed by atoms with van der Waals surface area (Å²) in [6.45, 7) is -0.357. The number of carboxylic acid groups (broad SMARTS) is 1. The Morgan fingerprint density at radius 1 is 0.472 bits per heavy atom. The van der Waals surface area contributed by atoms with Gasteiger partial charge in [-0.2, -0.15) is 0 Å². The van der Waals surface area contributed by atoms with Crippen LogP contribution in [0, 0.1) is 0 Å². The Morgan fingerprint density at radius 2 is 0.774 bits per heavy atom. The molecule has 0 saturated carbocycles. The molecule has 0 heterocycles. The number of carbonyl (C=O) groups excluding carboxylic acids is 2. The molecule has 6 rings (SSSR count). The summed E-state index contributed by atoms with van der Waals surface area (Å²) >= 11 is 2.92. The van der Waals surface area contributed by atoms with Crippen LogP contribution in [-0.4, -0.2) is 47.0 Å². The highest BCUT2D eigenvalue weighted by Crippen LogP contribution is 2.49. The number of hydrogen-bond acceptors (Lipinski definition) is 5. The molecule has 0 aromatic heterocycles. The van der Waals surface area contributed by atoms with Gasteiger partial charge in [0.25, 0.3) is 0 Å². The number of rotatable bonds is 16. The summed E-state index contributed by atoms with van der Waals surface area (Å²) in [7, 11) is 0. The molecule has 6 aromatic carbocycles. The molecule has 0 bridgehead atoms. The van der Waals surface area contributed by atoms with E-state index in [1.807, 2.05) is 146 Å². The largest absolute Gasteiger partial charge is 0.480 e. The maximum Gasteiger partial charge on any atom is 0.327 e. The molecule has 0 aliphatic heterocycles. The monoisotopic (exact) mass is 736 g/mol. The van der Waals surface area contributed by atoms with Gasteiger partial charge < -0.3 is 15.7 Å². The fraction of sp³-hybridized carbons (Fsp3) is 0.133. The highest BCUT2D eigenvalue weighted by molar-refractivity contribution is 8.01. The van der Waals surface area contributed by atoms with Crippen molar-refractivity contribution >= 4 is 41.3 Å². The van der Waals surface area contributed by atoms with Crippen molar-refractivity contribution in [1.82, 2.24) is 10.6 Å². The number of aliphatic carboxylic acids is 1. The van der Waals surface area contributed by atoms with Crippen LogP contribution in [0.4, 0.5) is 0 Å². The van der Waals surface area contributed by atoms with E-state index in [9.17, 15) is 19.5 Å². The van der Waals surface area contributed by atoms with E-state index in [2.05, 4.69) is 47.0 Å². The van der Waals surface area contributed by atoms with Gasteiger partial charge in [-0.3, -0.25) is 9.59 Å². The van der Waals surface area contributed by atoms with Crippen molar-refractivity contribution in [3.05, 3.63) is 215 Å². The van der Waals surface area contributed by atoms with Crippen LogP contribution < -0.4 is 10.6 Å². The second-order valence-electron chi connectivity index (χ2n) is 12.4. The van der Waals surface area contributed by atoms with Crippen molar-refractivity contribution in [3.8, 4) is 0 Å². The molecule has 0 fully saturated rings. The van der Waals surface area contributed by atoms with Crippen LogP contribution in [-0.2, 0) is 23.9 Å². The van der Waals surface area contributed by atoms with E-state index in [0.717, 1.165) is 33.4 Å². The van der Waals surface area contributed by atoms with E-state index in [1.165, 1.54) is 23.5 Å². The SMILES string of the molecule is O=C(CSC(c1ccccc1)(c1ccccc1)c1ccccc1)NCC(=O)NC(CSC(c1ccccc1)(c1ccccc1)c1ccccc1)C(=O)O. The Bertz CT molecular complexity index is 1880. The van der Waals surface area contributed by atoms with Gasteiger partial charge in [-0.1, -0.05) is 182 Å². The van der Waals surface area contributed by atoms with E-state index in [-0.39, 0.29) is 24.0 Å². The maximum atomic E-state index is 13.4. The standard InChI is InChI=1S/C45H40N2O4S2/c48-41(31-46-42(49)33-53-45(37-25-13-4-14-26-37,38-27-15-5-16-28-38)39-29-17-6-18-30-39)47-40(43(50)51)32-52-44(34-19-7-1-8-20-34,35-21-9-2-10-22-35)36-23-11-3-12-24-36/h1-30,40H,31-33H2,(H,46,49)(H,47,48)(H,50,51). The number of carbonyl (C=O) groups is 3. The molecule has 1 unspecified atom stereocenters. The molecule has 6 nitrogen and oxygen atoms in total. The van der Waals surface area contributed by atoms with Crippen LogP contribution in [0.5, 0.6) is 0 Å². The number of thioether (sulfide) groups is 2. The number of amides is 2. The van der Waals surface area contributed by atoms with Gasteiger partial charge >= 0.3 is 5.97 Å². The Morgan fingerprint density at radius 3 is 1.08 bits per heavy atom. The minimum absolute atomic E-state index is 0.0535. The number of hydrogen-bond donors (Lipinski definition) is 3. The van der Waals surface area contributed by atoms with E-state index in [0.29, 0.717) is 0 Å². The lowest BCUT2D eigenvalue weighted by atomic mass is 9.84. The highest BCUT2D eigenvalue weighted by atomic mass is 32.2. The maximum absolute atomic E-state index is 13.4. The molecule has 0 saturated heterocycles. The van der Waals surface area contributed by atoms with Crippen LogP contribution in [0.25, 0.3) is 0 Å².